The molecule has 2 N–H and O–H groups in total. The number of nitrogens with zero attached hydrogens (tertiary/aromatic N) is 1. The van der Waals surface area contributed by atoms with Gasteiger partial charge in [-0.3, -0.25) is 4.79 Å². The van der Waals surface area contributed by atoms with Crippen LogP contribution in [0, 0.1) is 0 Å². The van der Waals surface area contributed by atoms with E-state index in [1.165, 1.54) is 12.8 Å². The average Bonchev–Trinajstić information content (AvgIpc) is 2.63. The second-order valence-corrected chi connectivity index (χ2v) is 3.42. The minimum Gasteiger partial charge on any atom is -0.481 e. The molecule has 0 heterocycles. The van der Waals surface area contributed by atoms with Gasteiger partial charge in [0.15, 0.2) is 0 Å². The highest BCUT2D eigenvalue weighted by Gasteiger charge is 2.27. The highest BCUT2D eigenvalue weighted by molar-refractivity contribution is 5.67. The van der Waals surface area contributed by atoms with Crippen molar-refractivity contribution >= 4 is 5.97 Å². The zero-order valence-electron chi connectivity index (χ0n) is 7.23. The Kier molecular flexibility index (Phi) is 3.05. The molecule has 0 aromatic carbocycles. The SMILES string of the molecule is CN(CC(O)CC(=O)O)C1CC1. The third-order valence-corrected chi connectivity index (χ3v) is 2.08. The molecule has 0 aromatic rings. The zero-order chi connectivity index (χ0) is 9.14. The number of aliphatic hydroxyl groups excluding tert-OH is 1. The summed E-state index contributed by atoms with van der Waals surface area (Å²) in [4.78, 5) is 12.2. The number of likely N-dealkylation sites (N-methyl/N-ethyl adjacent to an activating group) is 1. The average molecular weight is 173 g/mol. The first kappa shape index (κ1) is 9.48. The van der Waals surface area contributed by atoms with E-state index < -0.39 is 12.1 Å². The molecule has 1 atom stereocenters. The summed E-state index contributed by atoms with van der Waals surface area (Å²) in [7, 11) is 1.92. The lowest BCUT2D eigenvalue weighted by atomic mass is 10.2. The minimum absolute atomic E-state index is 0.156. The topological polar surface area (TPSA) is 60.8 Å². The van der Waals surface area contributed by atoms with Gasteiger partial charge < -0.3 is 15.1 Å². The highest BCUT2D eigenvalue weighted by Crippen LogP contribution is 2.25. The molecular formula is C8H15NO3. The predicted octanol–water partition coefficient (Wildman–Crippen LogP) is -0.0838. The summed E-state index contributed by atoms with van der Waals surface area (Å²) >= 11 is 0. The third-order valence-electron chi connectivity index (χ3n) is 2.08. The molecule has 0 aliphatic heterocycles. The summed E-state index contributed by atoms with van der Waals surface area (Å²) in [5.41, 5.74) is 0. The van der Waals surface area contributed by atoms with E-state index >= 15 is 0 Å². The van der Waals surface area contributed by atoms with Gasteiger partial charge in [-0.2, -0.15) is 0 Å². The Balaban J connectivity index is 2.15. The van der Waals surface area contributed by atoms with Crippen molar-refractivity contribution in [1.82, 2.24) is 4.90 Å². The van der Waals surface area contributed by atoms with Gasteiger partial charge in [-0.15, -0.1) is 0 Å². The summed E-state index contributed by atoms with van der Waals surface area (Å²) in [6.07, 6.45) is 1.47. The number of hydrogen-bond donors (Lipinski definition) is 2. The van der Waals surface area contributed by atoms with Crippen LogP contribution in [0.15, 0.2) is 0 Å². The Hall–Kier alpha value is -0.610. The maximum absolute atomic E-state index is 10.2. The summed E-state index contributed by atoms with van der Waals surface area (Å²) in [6, 6.07) is 0.577. The van der Waals surface area contributed by atoms with Crippen molar-refractivity contribution in [1.29, 1.82) is 0 Å². The Morgan fingerprint density at radius 1 is 1.67 bits per heavy atom. The molecule has 1 rings (SSSR count). The van der Waals surface area contributed by atoms with Crippen LogP contribution in [-0.4, -0.2) is 46.8 Å². The smallest absolute Gasteiger partial charge is 0.306 e. The van der Waals surface area contributed by atoms with Crippen LogP contribution in [-0.2, 0) is 4.79 Å². The summed E-state index contributed by atoms with van der Waals surface area (Å²) in [5.74, 6) is -0.938. The monoisotopic (exact) mass is 173 g/mol. The van der Waals surface area contributed by atoms with Crippen molar-refractivity contribution in [2.75, 3.05) is 13.6 Å². The van der Waals surface area contributed by atoms with E-state index in [-0.39, 0.29) is 6.42 Å². The number of carbonyl (C=O) groups is 1. The molecule has 1 aliphatic carbocycles. The molecule has 1 saturated carbocycles. The van der Waals surface area contributed by atoms with Gasteiger partial charge in [0.2, 0.25) is 0 Å². The normalized spacial score (nSPS) is 19.6. The summed E-state index contributed by atoms with van der Waals surface area (Å²) in [5, 5.41) is 17.6. The van der Waals surface area contributed by atoms with Gasteiger partial charge in [0, 0.05) is 12.6 Å². The van der Waals surface area contributed by atoms with Gasteiger partial charge in [-0.25, -0.2) is 0 Å². The molecule has 70 valence electrons. The van der Waals surface area contributed by atoms with Crippen molar-refractivity contribution in [3.05, 3.63) is 0 Å². The van der Waals surface area contributed by atoms with Crippen molar-refractivity contribution in [3.63, 3.8) is 0 Å². The lowest BCUT2D eigenvalue weighted by molar-refractivity contribution is -0.139. The van der Waals surface area contributed by atoms with Crippen LogP contribution in [0.3, 0.4) is 0 Å². The first-order valence-electron chi connectivity index (χ1n) is 4.19. The van der Waals surface area contributed by atoms with Crippen molar-refractivity contribution in [2.24, 2.45) is 0 Å². The fourth-order valence-electron chi connectivity index (χ4n) is 1.26. The first-order chi connectivity index (χ1) is 5.59. The molecule has 0 bridgehead atoms. The van der Waals surface area contributed by atoms with Crippen molar-refractivity contribution < 1.29 is 15.0 Å². The predicted molar refractivity (Wildman–Crippen MR) is 43.9 cm³/mol. The molecule has 12 heavy (non-hydrogen) atoms. The maximum Gasteiger partial charge on any atom is 0.306 e. The fraction of sp³-hybridized carbons (Fsp3) is 0.875. The largest absolute Gasteiger partial charge is 0.481 e. The molecule has 0 amide bonds. The molecular weight excluding hydrogens is 158 g/mol. The molecule has 0 radical (unpaired) electrons. The maximum atomic E-state index is 10.2. The van der Waals surface area contributed by atoms with Crippen molar-refractivity contribution in [3.8, 4) is 0 Å². The molecule has 0 spiro atoms. The van der Waals surface area contributed by atoms with Crippen LogP contribution in [0.25, 0.3) is 0 Å². The van der Waals surface area contributed by atoms with Gasteiger partial charge in [0.25, 0.3) is 0 Å². The van der Waals surface area contributed by atoms with E-state index in [1.54, 1.807) is 0 Å². The molecule has 0 aromatic heterocycles. The molecule has 1 fully saturated rings. The van der Waals surface area contributed by atoms with E-state index in [0.717, 1.165) is 0 Å². The number of aliphatic hydroxyl groups is 1. The number of hydrogen-bond acceptors (Lipinski definition) is 3. The Labute approximate surface area is 71.8 Å². The summed E-state index contributed by atoms with van der Waals surface area (Å²) in [6.45, 7) is 0.469. The van der Waals surface area contributed by atoms with Gasteiger partial charge in [0.05, 0.1) is 12.5 Å². The first-order valence-corrected chi connectivity index (χ1v) is 4.19. The number of aliphatic carboxylic acids is 1. The van der Waals surface area contributed by atoms with Crippen LogP contribution in [0.5, 0.6) is 0 Å². The van der Waals surface area contributed by atoms with Crippen LogP contribution >= 0.6 is 0 Å². The van der Waals surface area contributed by atoms with Crippen molar-refractivity contribution in [2.45, 2.75) is 31.4 Å². The number of carboxylic acids is 1. The number of rotatable bonds is 5. The van der Waals surface area contributed by atoms with Gasteiger partial charge in [0.1, 0.15) is 0 Å². The quantitative estimate of drug-likeness (QED) is 0.610. The zero-order valence-corrected chi connectivity index (χ0v) is 7.23. The van der Waals surface area contributed by atoms with Crippen LogP contribution in [0.4, 0.5) is 0 Å². The molecule has 4 nitrogen and oxygen atoms in total. The van der Waals surface area contributed by atoms with E-state index in [1.807, 2.05) is 11.9 Å². The second kappa shape index (κ2) is 3.87. The highest BCUT2D eigenvalue weighted by atomic mass is 16.4. The lowest BCUT2D eigenvalue weighted by Gasteiger charge is -2.18. The van der Waals surface area contributed by atoms with Gasteiger partial charge in [-0.05, 0) is 19.9 Å². The Morgan fingerprint density at radius 2 is 2.25 bits per heavy atom. The van der Waals surface area contributed by atoms with Crippen LogP contribution in [0.2, 0.25) is 0 Å². The fourth-order valence-corrected chi connectivity index (χ4v) is 1.26. The Bertz CT molecular complexity index is 168. The van der Waals surface area contributed by atoms with Crippen LogP contribution in [0.1, 0.15) is 19.3 Å². The molecule has 1 aliphatic rings. The van der Waals surface area contributed by atoms with Crippen LogP contribution < -0.4 is 0 Å². The standard InChI is InChI=1S/C8H15NO3/c1-9(6-2-3-6)5-7(10)4-8(11)12/h6-7,10H,2-5H2,1H3,(H,11,12). The van der Waals surface area contributed by atoms with E-state index in [4.69, 9.17) is 5.11 Å². The molecule has 1 unspecified atom stereocenters. The lowest BCUT2D eigenvalue weighted by Crippen LogP contribution is -2.32. The second-order valence-electron chi connectivity index (χ2n) is 3.42. The van der Waals surface area contributed by atoms with E-state index in [2.05, 4.69) is 0 Å². The minimum atomic E-state index is -0.938. The third kappa shape index (κ3) is 3.19. The summed E-state index contributed by atoms with van der Waals surface area (Å²) < 4.78 is 0. The molecule has 4 heteroatoms. The molecule has 0 saturated heterocycles. The van der Waals surface area contributed by atoms with E-state index in [9.17, 15) is 9.90 Å². The van der Waals surface area contributed by atoms with E-state index in [0.29, 0.717) is 12.6 Å². The number of carboxylic acid groups (broad SMARTS) is 1. The Morgan fingerprint density at radius 3 is 2.67 bits per heavy atom. The van der Waals surface area contributed by atoms with Gasteiger partial charge in [-0.1, -0.05) is 0 Å². The van der Waals surface area contributed by atoms with Gasteiger partial charge >= 0.3 is 5.97 Å².